The van der Waals surface area contributed by atoms with Crippen molar-refractivity contribution in [2.45, 2.75) is 6.42 Å². The summed E-state index contributed by atoms with van der Waals surface area (Å²) < 4.78 is 10.6. The topological polar surface area (TPSA) is 103 Å². The van der Waals surface area contributed by atoms with Crippen molar-refractivity contribution < 1.29 is 19.1 Å². The van der Waals surface area contributed by atoms with Gasteiger partial charge in [0.1, 0.15) is 11.5 Å². The molecule has 2 rings (SSSR count). The number of benzene rings is 2. The van der Waals surface area contributed by atoms with E-state index in [1.807, 2.05) is 30.3 Å². The minimum absolute atomic E-state index is 0.157. The zero-order valence-corrected chi connectivity index (χ0v) is 14.0. The molecule has 4 N–H and O–H groups in total. The normalized spacial score (nSPS) is 10.0. The first-order valence-electron chi connectivity index (χ1n) is 7.78. The van der Waals surface area contributed by atoms with Crippen molar-refractivity contribution in [1.82, 2.24) is 0 Å². The molecule has 132 valence electrons. The molecule has 25 heavy (non-hydrogen) atoms. The highest BCUT2D eigenvalue weighted by Crippen LogP contribution is 2.27. The minimum atomic E-state index is -0.365. The average Bonchev–Trinajstić information content (AvgIpc) is 2.63. The molecule has 7 nitrogen and oxygen atoms in total. The van der Waals surface area contributed by atoms with E-state index in [1.54, 1.807) is 18.2 Å². The maximum Gasteiger partial charge on any atom is 0.238 e. The molecule has 0 spiro atoms. The second-order valence-corrected chi connectivity index (χ2v) is 5.12. The zero-order valence-electron chi connectivity index (χ0n) is 14.0. The molecule has 0 radical (unpaired) electrons. The lowest BCUT2D eigenvalue weighted by atomic mass is 10.2. The zero-order chi connectivity index (χ0) is 18.1. The Labute approximate surface area is 146 Å². The molecular formula is C18H21N3O4. The van der Waals surface area contributed by atoms with Crippen molar-refractivity contribution in [3.8, 4) is 11.5 Å². The fourth-order valence-electron chi connectivity index (χ4n) is 2.05. The highest BCUT2D eigenvalue weighted by molar-refractivity contribution is 6.00. The van der Waals surface area contributed by atoms with Crippen molar-refractivity contribution in [3.05, 3.63) is 48.5 Å². The Bertz CT molecular complexity index is 720. The molecule has 0 aromatic heterocycles. The van der Waals surface area contributed by atoms with Crippen LogP contribution in [0.25, 0.3) is 0 Å². The Hall–Kier alpha value is -3.06. The smallest absolute Gasteiger partial charge is 0.238 e. The fraction of sp³-hybridized carbons (Fsp3) is 0.222. The number of nitrogens with two attached hydrogens (primary N) is 1. The number of para-hydroxylation sites is 1. The van der Waals surface area contributed by atoms with Crippen LogP contribution in [-0.2, 0) is 9.59 Å². The number of carbonyl (C=O) groups excluding carboxylic acids is 2. The first-order chi connectivity index (χ1) is 12.1. The van der Waals surface area contributed by atoms with Crippen LogP contribution in [0.5, 0.6) is 11.5 Å². The number of hydrogen-bond donors (Lipinski definition) is 3. The van der Waals surface area contributed by atoms with E-state index in [2.05, 4.69) is 10.6 Å². The molecule has 7 heteroatoms. The number of hydrogen-bond acceptors (Lipinski definition) is 5. The number of amides is 2. The molecule has 2 aromatic carbocycles. The van der Waals surface area contributed by atoms with Gasteiger partial charge in [-0.3, -0.25) is 9.59 Å². The number of ether oxygens (including phenoxy) is 2. The van der Waals surface area contributed by atoms with Gasteiger partial charge in [0.15, 0.2) is 0 Å². The maximum absolute atomic E-state index is 12.1. The molecule has 0 heterocycles. The van der Waals surface area contributed by atoms with Gasteiger partial charge in [-0.25, -0.2) is 0 Å². The third-order valence-electron chi connectivity index (χ3n) is 3.30. The van der Waals surface area contributed by atoms with E-state index in [9.17, 15) is 9.59 Å². The van der Waals surface area contributed by atoms with E-state index in [4.69, 9.17) is 15.2 Å². The molecule has 2 amide bonds. The largest absolute Gasteiger partial charge is 0.497 e. The van der Waals surface area contributed by atoms with Gasteiger partial charge >= 0.3 is 0 Å². The summed E-state index contributed by atoms with van der Waals surface area (Å²) in [4.78, 5) is 23.6. The maximum atomic E-state index is 12.1. The van der Waals surface area contributed by atoms with Crippen molar-refractivity contribution in [2.24, 2.45) is 5.73 Å². The quantitative estimate of drug-likeness (QED) is 0.680. The molecule has 0 atom stereocenters. The third kappa shape index (κ3) is 5.82. The van der Waals surface area contributed by atoms with Crippen LogP contribution in [0.3, 0.4) is 0 Å². The number of carbonyl (C=O) groups is 2. The van der Waals surface area contributed by atoms with Crippen molar-refractivity contribution in [2.75, 3.05) is 30.9 Å². The van der Waals surface area contributed by atoms with Gasteiger partial charge in [0, 0.05) is 6.07 Å². The van der Waals surface area contributed by atoms with Gasteiger partial charge in [0.25, 0.3) is 0 Å². The first kappa shape index (κ1) is 18.3. The Kier molecular flexibility index (Phi) is 6.79. The van der Waals surface area contributed by atoms with Crippen LogP contribution < -0.4 is 25.8 Å². The van der Waals surface area contributed by atoms with Crippen molar-refractivity contribution in [1.29, 1.82) is 0 Å². The number of anilines is 2. The molecule has 2 aromatic rings. The minimum Gasteiger partial charge on any atom is -0.497 e. The average molecular weight is 343 g/mol. The lowest BCUT2D eigenvalue weighted by Crippen LogP contribution is -2.23. The van der Waals surface area contributed by atoms with Crippen LogP contribution in [0, 0.1) is 0 Å². The fourth-order valence-corrected chi connectivity index (χ4v) is 2.05. The predicted octanol–water partition coefficient (Wildman–Crippen LogP) is 2.00. The molecule has 0 aliphatic rings. The van der Waals surface area contributed by atoms with Crippen molar-refractivity contribution >= 4 is 23.2 Å². The van der Waals surface area contributed by atoms with Crippen LogP contribution in [0.15, 0.2) is 48.5 Å². The molecule has 0 unspecified atom stereocenters. The van der Waals surface area contributed by atoms with Crippen molar-refractivity contribution in [3.63, 3.8) is 0 Å². The van der Waals surface area contributed by atoms with Gasteiger partial charge in [0.05, 0.1) is 38.1 Å². The van der Waals surface area contributed by atoms with Gasteiger partial charge in [-0.1, -0.05) is 18.2 Å². The van der Waals surface area contributed by atoms with E-state index in [-0.39, 0.29) is 31.4 Å². The number of rotatable bonds is 8. The third-order valence-corrected chi connectivity index (χ3v) is 3.30. The molecule has 0 saturated heterocycles. The van der Waals surface area contributed by atoms with E-state index in [0.717, 1.165) is 0 Å². The second kappa shape index (κ2) is 9.29. The summed E-state index contributed by atoms with van der Waals surface area (Å²) in [5.41, 5.74) is 6.20. The van der Waals surface area contributed by atoms with Gasteiger partial charge in [0.2, 0.25) is 11.8 Å². The molecule has 0 aliphatic heterocycles. The van der Waals surface area contributed by atoms with Gasteiger partial charge < -0.3 is 25.8 Å². The van der Waals surface area contributed by atoms with Crippen LogP contribution in [0.2, 0.25) is 0 Å². The van der Waals surface area contributed by atoms with Gasteiger partial charge in [-0.05, 0) is 24.3 Å². The second-order valence-electron chi connectivity index (χ2n) is 5.12. The summed E-state index contributed by atoms with van der Waals surface area (Å²) >= 11 is 0. The number of nitrogens with one attached hydrogen (secondary N) is 2. The molecule has 0 aliphatic carbocycles. The highest BCUT2D eigenvalue weighted by atomic mass is 16.5. The van der Waals surface area contributed by atoms with Crippen LogP contribution in [-0.4, -0.2) is 32.1 Å². The Balaban J connectivity index is 1.95. The first-order valence-corrected chi connectivity index (χ1v) is 7.78. The Morgan fingerprint density at radius 3 is 2.36 bits per heavy atom. The summed E-state index contributed by atoms with van der Waals surface area (Å²) in [6, 6.07) is 14.2. The van der Waals surface area contributed by atoms with Gasteiger partial charge in [-0.15, -0.1) is 0 Å². The standard InChI is InChI=1S/C18H21N3O4/c1-24-14-7-8-15(16(11-14)21-18(23)12-19)20-17(22)9-10-25-13-5-3-2-4-6-13/h2-8,11H,9-10,12,19H2,1H3,(H,20,22)(H,21,23). The Morgan fingerprint density at radius 1 is 0.960 bits per heavy atom. The molecular weight excluding hydrogens is 322 g/mol. The lowest BCUT2D eigenvalue weighted by molar-refractivity contribution is -0.117. The summed E-state index contributed by atoms with van der Waals surface area (Å²) in [5.74, 6) is 0.661. The predicted molar refractivity (Wildman–Crippen MR) is 95.9 cm³/mol. The summed E-state index contributed by atoms with van der Waals surface area (Å²) in [7, 11) is 1.52. The monoisotopic (exact) mass is 343 g/mol. The summed E-state index contributed by atoms with van der Waals surface area (Å²) in [6.07, 6.45) is 0.172. The van der Waals surface area contributed by atoms with Crippen LogP contribution in [0.1, 0.15) is 6.42 Å². The molecule has 0 fully saturated rings. The summed E-state index contributed by atoms with van der Waals surface area (Å²) in [6.45, 7) is 0.0893. The van der Waals surface area contributed by atoms with E-state index < -0.39 is 0 Å². The van der Waals surface area contributed by atoms with Crippen LogP contribution in [0.4, 0.5) is 11.4 Å². The Morgan fingerprint density at radius 2 is 1.68 bits per heavy atom. The number of methoxy groups -OCH3 is 1. The lowest BCUT2D eigenvalue weighted by Gasteiger charge is -2.13. The van der Waals surface area contributed by atoms with Crippen LogP contribution >= 0.6 is 0 Å². The van der Waals surface area contributed by atoms with E-state index >= 15 is 0 Å². The summed E-state index contributed by atoms with van der Waals surface area (Å²) in [5, 5.41) is 5.38. The van der Waals surface area contributed by atoms with E-state index in [0.29, 0.717) is 22.9 Å². The van der Waals surface area contributed by atoms with E-state index in [1.165, 1.54) is 7.11 Å². The van der Waals surface area contributed by atoms with Gasteiger partial charge in [-0.2, -0.15) is 0 Å². The molecule has 0 saturated carbocycles. The highest BCUT2D eigenvalue weighted by Gasteiger charge is 2.11. The molecule has 0 bridgehead atoms. The SMILES string of the molecule is COc1ccc(NC(=O)CCOc2ccccc2)c(NC(=O)CN)c1.